The molecule has 0 atom stereocenters. The van der Waals surface area contributed by atoms with Gasteiger partial charge in [-0.25, -0.2) is 0 Å². The van der Waals surface area contributed by atoms with E-state index in [1.165, 1.54) is 16.8 Å². The highest BCUT2D eigenvalue weighted by Crippen LogP contribution is 2.29. The quantitative estimate of drug-likeness (QED) is 0.742. The van der Waals surface area contributed by atoms with Gasteiger partial charge in [0.2, 0.25) is 0 Å². The van der Waals surface area contributed by atoms with Crippen molar-refractivity contribution in [2.24, 2.45) is 0 Å². The summed E-state index contributed by atoms with van der Waals surface area (Å²) in [5, 5.41) is 3.38. The Morgan fingerprint density at radius 3 is 2.87 bits per heavy atom. The molecule has 80 valence electrons. The first kappa shape index (κ1) is 9.19. The van der Waals surface area contributed by atoms with Gasteiger partial charge in [0, 0.05) is 37.4 Å². The molecule has 2 aliphatic rings. The van der Waals surface area contributed by atoms with Crippen LogP contribution in [0.3, 0.4) is 0 Å². The fourth-order valence-electron chi connectivity index (χ4n) is 2.39. The zero-order valence-corrected chi connectivity index (χ0v) is 8.83. The van der Waals surface area contributed by atoms with E-state index in [1.807, 2.05) is 0 Å². The van der Waals surface area contributed by atoms with Gasteiger partial charge in [0.05, 0.1) is 13.2 Å². The number of nitrogens with one attached hydrogen (secondary N) is 1. The molecule has 1 saturated heterocycles. The van der Waals surface area contributed by atoms with E-state index in [0.29, 0.717) is 0 Å². The van der Waals surface area contributed by atoms with Gasteiger partial charge in [-0.2, -0.15) is 0 Å². The molecule has 15 heavy (non-hydrogen) atoms. The van der Waals surface area contributed by atoms with E-state index in [0.717, 1.165) is 39.4 Å². The normalized spacial score (nSPS) is 20.4. The van der Waals surface area contributed by atoms with Crippen LogP contribution in [0, 0.1) is 0 Å². The second-order valence-corrected chi connectivity index (χ2v) is 4.14. The molecule has 2 heterocycles. The van der Waals surface area contributed by atoms with Crippen molar-refractivity contribution in [2.45, 2.75) is 13.2 Å². The summed E-state index contributed by atoms with van der Waals surface area (Å²) in [7, 11) is 0. The van der Waals surface area contributed by atoms with Crippen molar-refractivity contribution in [1.29, 1.82) is 0 Å². The van der Waals surface area contributed by atoms with Gasteiger partial charge >= 0.3 is 0 Å². The van der Waals surface area contributed by atoms with Gasteiger partial charge in [0.25, 0.3) is 0 Å². The number of hydrogen-bond acceptors (Lipinski definition) is 3. The number of ether oxygens (including phenoxy) is 1. The van der Waals surface area contributed by atoms with Crippen molar-refractivity contribution in [3.63, 3.8) is 0 Å². The summed E-state index contributed by atoms with van der Waals surface area (Å²) in [5.74, 6) is 0. The van der Waals surface area contributed by atoms with E-state index >= 15 is 0 Å². The van der Waals surface area contributed by atoms with E-state index < -0.39 is 0 Å². The Bertz CT molecular complexity index is 359. The third kappa shape index (κ3) is 1.62. The van der Waals surface area contributed by atoms with Gasteiger partial charge < -0.3 is 15.0 Å². The van der Waals surface area contributed by atoms with Gasteiger partial charge in [-0.1, -0.05) is 12.1 Å². The maximum atomic E-state index is 5.50. The monoisotopic (exact) mass is 204 g/mol. The Morgan fingerprint density at radius 1 is 1.13 bits per heavy atom. The number of hydrogen-bond donors (Lipinski definition) is 1. The molecule has 0 radical (unpaired) electrons. The van der Waals surface area contributed by atoms with Crippen molar-refractivity contribution in [2.75, 3.05) is 31.1 Å². The van der Waals surface area contributed by atoms with Crippen molar-refractivity contribution >= 4 is 5.69 Å². The lowest BCUT2D eigenvalue weighted by atomic mass is 10.1. The number of nitrogens with zero attached hydrogens (tertiary/aromatic N) is 1. The minimum Gasteiger partial charge on any atom is -0.372 e. The topological polar surface area (TPSA) is 24.5 Å². The van der Waals surface area contributed by atoms with Crippen LogP contribution in [0.25, 0.3) is 0 Å². The summed E-state index contributed by atoms with van der Waals surface area (Å²) in [5.41, 5.74) is 4.15. The molecule has 0 bridgehead atoms. The van der Waals surface area contributed by atoms with Gasteiger partial charge in [0.1, 0.15) is 0 Å². The molecule has 0 spiro atoms. The van der Waals surface area contributed by atoms with E-state index in [9.17, 15) is 0 Å². The zero-order valence-electron chi connectivity index (χ0n) is 8.83. The Balaban J connectivity index is 1.93. The van der Waals surface area contributed by atoms with Crippen LogP contribution in [0.4, 0.5) is 5.69 Å². The minimum atomic E-state index is 0.787. The predicted octanol–water partition coefficient (Wildman–Crippen LogP) is 1.13. The van der Waals surface area contributed by atoms with Crippen LogP contribution < -0.4 is 10.2 Å². The van der Waals surface area contributed by atoms with Crippen LogP contribution in [-0.2, 0) is 18.0 Å². The highest BCUT2D eigenvalue weighted by atomic mass is 16.5. The van der Waals surface area contributed by atoms with Gasteiger partial charge in [-0.3, -0.25) is 0 Å². The van der Waals surface area contributed by atoms with Crippen molar-refractivity contribution in [1.82, 2.24) is 5.32 Å². The fraction of sp³-hybridized carbons (Fsp3) is 0.500. The second kappa shape index (κ2) is 3.83. The van der Waals surface area contributed by atoms with Crippen LogP contribution in [0.5, 0.6) is 0 Å². The molecule has 0 aromatic heterocycles. The first-order valence-electron chi connectivity index (χ1n) is 5.59. The molecule has 1 aromatic rings. The molecule has 0 saturated carbocycles. The van der Waals surface area contributed by atoms with Gasteiger partial charge in [-0.05, 0) is 11.6 Å². The maximum Gasteiger partial charge on any atom is 0.0745 e. The third-order valence-corrected chi connectivity index (χ3v) is 3.21. The standard InChI is InChI=1S/C12H16N2O/c1-2-10-8-15-9-11(10)12(3-1)14-6-4-13-5-7-14/h1-3,13H,4-9H2. The molecule has 3 nitrogen and oxygen atoms in total. The van der Waals surface area contributed by atoms with E-state index in [2.05, 4.69) is 28.4 Å². The van der Waals surface area contributed by atoms with Crippen molar-refractivity contribution in [3.05, 3.63) is 29.3 Å². The summed E-state index contributed by atoms with van der Waals surface area (Å²) in [4.78, 5) is 2.46. The Labute approximate surface area is 90.0 Å². The highest BCUT2D eigenvalue weighted by molar-refractivity contribution is 5.57. The molecule has 0 aliphatic carbocycles. The third-order valence-electron chi connectivity index (χ3n) is 3.21. The molecule has 3 heteroatoms. The SMILES string of the molecule is c1cc2c(c(N3CCNCC3)c1)COC2. The Kier molecular flexibility index (Phi) is 2.35. The highest BCUT2D eigenvalue weighted by Gasteiger charge is 2.19. The van der Waals surface area contributed by atoms with Crippen LogP contribution in [0.15, 0.2) is 18.2 Å². The lowest BCUT2D eigenvalue weighted by Crippen LogP contribution is -2.43. The molecule has 1 fully saturated rings. The molecule has 0 amide bonds. The molecule has 2 aliphatic heterocycles. The van der Waals surface area contributed by atoms with Gasteiger partial charge in [-0.15, -0.1) is 0 Å². The van der Waals surface area contributed by atoms with E-state index in [-0.39, 0.29) is 0 Å². The van der Waals surface area contributed by atoms with Crippen LogP contribution in [0.2, 0.25) is 0 Å². The Hall–Kier alpha value is -1.06. The summed E-state index contributed by atoms with van der Waals surface area (Å²) < 4.78 is 5.50. The molecular formula is C12H16N2O. The Morgan fingerprint density at radius 2 is 2.00 bits per heavy atom. The number of rotatable bonds is 1. The minimum absolute atomic E-state index is 0.787. The van der Waals surface area contributed by atoms with Crippen LogP contribution in [0.1, 0.15) is 11.1 Å². The lowest BCUT2D eigenvalue weighted by molar-refractivity contribution is 0.134. The first-order chi connectivity index (χ1) is 7.45. The molecule has 0 unspecified atom stereocenters. The average Bonchev–Trinajstić information content (AvgIpc) is 2.78. The molecule has 1 aromatic carbocycles. The van der Waals surface area contributed by atoms with Crippen molar-refractivity contribution < 1.29 is 4.74 Å². The van der Waals surface area contributed by atoms with Crippen molar-refractivity contribution in [3.8, 4) is 0 Å². The lowest BCUT2D eigenvalue weighted by Gasteiger charge is -2.30. The summed E-state index contributed by atoms with van der Waals surface area (Å²) in [6.45, 7) is 5.96. The van der Waals surface area contributed by atoms with E-state index in [1.54, 1.807) is 0 Å². The van der Waals surface area contributed by atoms with Crippen LogP contribution in [-0.4, -0.2) is 26.2 Å². The molecule has 3 rings (SSSR count). The van der Waals surface area contributed by atoms with E-state index in [4.69, 9.17) is 4.74 Å². The first-order valence-corrected chi connectivity index (χ1v) is 5.59. The number of piperazine rings is 1. The maximum absolute atomic E-state index is 5.50. The summed E-state index contributed by atoms with van der Waals surface area (Å²) in [6.07, 6.45) is 0. The van der Waals surface area contributed by atoms with Crippen LogP contribution >= 0.6 is 0 Å². The summed E-state index contributed by atoms with van der Waals surface area (Å²) >= 11 is 0. The summed E-state index contributed by atoms with van der Waals surface area (Å²) in [6, 6.07) is 6.54. The largest absolute Gasteiger partial charge is 0.372 e. The second-order valence-electron chi connectivity index (χ2n) is 4.14. The zero-order chi connectivity index (χ0) is 10.1. The predicted molar refractivity (Wildman–Crippen MR) is 60.0 cm³/mol. The van der Waals surface area contributed by atoms with Gasteiger partial charge in [0.15, 0.2) is 0 Å². The molecular weight excluding hydrogens is 188 g/mol. The smallest absolute Gasteiger partial charge is 0.0745 e. The fourth-order valence-corrected chi connectivity index (χ4v) is 2.39. The molecule has 1 N–H and O–H groups in total. The number of fused-ring (bicyclic) bond motifs is 1. The number of benzene rings is 1. The average molecular weight is 204 g/mol. The number of anilines is 1.